The number of nitrogens with zero attached hydrogens (tertiary/aromatic N) is 1. The van der Waals surface area contributed by atoms with Crippen molar-refractivity contribution in [2.75, 3.05) is 13.2 Å². The van der Waals surface area contributed by atoms with Gasteiger partial charge in [0.2, 0.25) is 0 Å². The standard InChI is InChI=1S/C13H15BrNO3P/c1-3-17-19(16,18-4-2)13(10-15)9-11-6-5-7-12(14)8-11/h5-9H,3-4H2,1-2H3. The van der Waals surface area contributed by atoms with E-state index in [-0.39, 0.29) is 18.5 Å². The maximum atomic E-state index is 12.5. The molecule has 0 heterocycles. The van der Waals surface area contributed by atoms with Gasteiger partial charge in [0.05, 0.1) is 13.2 Å². The summed E-state index contributed by atoms with van der Waals surface area (Å²) in [6, 6.07) is 9.24. The fraction of sp³-hybridized carbons (Fsp3) is 0.308. The van der Waals surface area contributed by atoms with Crippen LogP contribution in [0.3, 0.4) is 0 Å². The Labute approximate surface area is 121 Å². The summed E-state index contributed by atoms with van der Waals surface area (Å²) in [5.41, 5.74) is 0.755. The molecule has 0 saturated heterocycles. The van der Waals surface area contributed by atoms with E-state index in [4.69, 9.17) is 9.05 Å². The van der Waals surface area contributed by atoms with Crippen molar-refractivity contribution < 1.29 is 13.6 Å². The minimum absolute atomic E-state index is 0.00861. The van der Waals surface area contributed by atoms with Gasteiger partial charge in [-0.15, -0.1) is 0 Å². The molecule has 0 bridgehead atoms. The molecule has 0 aliphatic rings. The normalized spacial score (nSPS) is 12.2. The van der Waals surface area contributed by atoms with Crippen molar-refractivity contribution in [2.45, 2.75) is 13.8 Å². The fourth-order valence-corrected chi connectivity index (χ4v) is 3.32. The Bertz CT molecular complexity index is 541. The van der Waals surface area contributed by atoms with E-state index in [0.29, 0.717) is 0 Å². The number of benzene rings is 1. The number of rotatable bonds is 6. The minimum atomic E-state index is -3.53. The molecule has 0 aliphatic heterocycles. The highest BCUT2D eigenvalue weighted by molar-refractivity contribution is 9.10. The molecular formula is C13H15BrNO3P. The second-order valence-corrected chi connectivity index (χ2v) is 6.44. The van der Waals surface area contributed by atoms with Gasteiger partial charge >= 0.3 is 7.60 Å². The molecule has 0 fully saturated rings. The van der Waals surface area contributed by atoms with Gasteiger partial charge in [-0.3, -0.25) is 4.57 Å². The van der Waals surface area contributed by atoms with Gasteiger partial charge in [0.1, 0.15) is 11.4 Å². The number of allylic oxidation sites excluding steroid dienone is 1. The van der Waals surface area contributed by atoms with Crippen LogP contribution < -0.4 is 0 Å². The quantitative estimate of drug-likeness (QED) is 0.560. The van der Waals surface area contributed by atoms with E-state index in [0.717, 1.165) is 10.0 Å². The van der Waals surface area contributed by atoms with Crippen molar-refractivity contribution in [1.29, 1.82) is 5.26 Å². The fourth-order valence-electron chi connectivity index (χ4n) is 1.44. The molecule has 0 aliphatic carbocycles. The predicted octanol–water partition coefficient (Wildman–Crippen LogP) is 4.58. The van der Waals surface area contributed by atoms with Gasteiger partial charge in [-0.05, 0) is 37.6 Å². The lowest BCUT2D eigenvalue weighted by Crippen LogP contribution is -1.97. The second kappa shape index (κ2) is 7.62. The first-order chi connectivity index (χ1) is 9.05. The first kappa shape index (κ1) is 16.1. The SMILES string of the molecule is CCOP(=O)(OCC)C(C#N)=Cc1cccc(Br)c1. The summed E-state index contributed by atoms with van der Waals surface area (Å²) in [6.45, 7) is 3.85. The number of nitriles is 1. The zero-order valence-corrected chi connectivity index (χ0v) is 13.3. The van der Waals surface area contributed by atoms with Crippen LogP contribution in [0.2, 0.25) is 0 Å². The van der Waals surface area contributed by atoms with Crippen molar-refractivity contribution >= 4 is 29.6 Å². The number of hydrogen-bond donors (Lipinski definition) is 0. The Kier molecular flexibility index (Phi) is 6.47. The van der Waals surface area contributed by atoms with Gasteiger partial charge in [-0.2, -0.15) is 5.26 Å². The van der Waals surface area contributed by atoms with E-state index in [1.807, 2.05) is 30.3 Å². The van der Waals surface area contributed by atoms with E-state index < -0.39 is 7.60 Å². The molecule has 0 spiro atoms. The summed E-state index contributed by atoms with van der Waals surface area (Å²) >= 11 is 3.34. The molecule has 0 atom stereocenters. The van der Waals surface area contributed by atoms with Crippen LogP contribution in [0.15, 0.2) is 34.1 Å². The molecule has 0 amide bonds. The molecule has 6 heteroatoms. The highest BCUT2D eigenvalue weighted by Crippen LogP contribution is 2.56. The highest BCUT2D eigenvalue weighted by atomic mass is 79.9. The van der Waals surface area contributed by atoms with Crippen LogP contribution in [0.1, 0.15) is 19.4 Å². The smallest absolute Gasteiger partial charge is 0.305 e. The average Bonchev–Trinajstić information content (AvgIpc) is 2.36. The van der Waals surface area contributed by atoms with E-state index in [1.165, 1.54) is 6.08 Å². The lowest BCUT2D eigenvalue weighted by atomic mass is 10.2. The maximum absolute atomic E-state index is 12.5. The topological polar surface area (TPSA) is 59.3 Å². The zero-order chi connectivity index (χ0) is 14.3. The van der Waals surface area contributed by atoms with Crippen molar-refractivity contribution in [3.05, 3.63) is 39.6 Å². The number of hydrogen-bond acceptors (Lipinski definition) is 4. The summed E-state index contributed by atoms with van der Waals surface area (Å²) in [7, 11) is -3.53. The number of halogens is 1. The molecule has 0 unspecified atom stereocenters. The van der Waals surface area contributed by atoms with Gasteiger partial charge < -0.3 is 9.05 Å². The minimum Gasteiger partial charge on any atom is -0.305 e. The molecule has 1 rings (SSSR count). The third-order valence-electron chi connectivity index (χ3n) is 2.16. The molecule has 1 aromatic rings. The third-order valence-corrected chi connectivity index (χ3v) is 4.67. The summed E-state index contributed by atoms with van der Waals surface area (Å²) in [5, 5.41) is 9.19. The lowest BCUT2D eigenvalue weighted by molar-refractivity contribution is 0.227. The van der Waals surface area contributed by atoms with Gasteiger partial charge in [0, 0.05) is 4.47 Å². The van der Waals surface area contributed by atoms with Crippen LogP contribution in [0.5, 0.6) is 0 Å². The Hall–Kier alpha value is -0.920. The monoisotopic (exact) mass is 343 g/mol. The summed E-state index contributed by atoms with van der Waals surface area (Å²) < 4.78 is 23.7. The molecule has 1 aromatic carbocycles. The van der Waals surface area contributed by atoms with E-state index in [9.17, 15) is 9.83 Å². The predicted molar refractivity (Wildman–Crippen MR) is 78.6 cm³/mol. The van der Waals surface area contributed by atoms with Crippen LogP contribution in [0, 0.1) is 11.3 Å². The highest BCUT2D eigenvalue weighted by Gasteiger charge is 2.29. The molecule has 0 radical (unpaired) electrons. The maximum Gasteiger partial charge on any atom is 0.371 e. The zero-order valence-electron chi connectivity index (χ0n) is 10.8. The summed E-state index contributed by atoms with van der Waals surface area (Å²) in [6.07, 6.45) is 1.52. The van der Waals surface area contributed by atoms with Crippen molar-refractivity contribution in [1.82, 2.24) is 0 Å². The molecule has 0 N–H and O–H groups in total. The van der Waals surface area contributed by atoms with Crippen molar-refractivity contribution in [3.63, 3.8) is 0 Å². The average molecular weight is 344 g/mol. The largest absolute Gasteiger partial charge is 0.371 e. The van der Waals surface area contributed by atoms with E-state index in [2.05, 4.69) is 15.9 Å². The third kappa shape index (κ3) is 4.59. The first-order valence-corrected chi connectivity index (χ1v) is 8.16. The summed E-state index contributed by atoms with van der Waals surface area (Å²) in [5.74, 6) is 0. The van der Waals surface area contributed by atoms with E-state index >= 15 is 0 Å². The van der Waals surface area contributed by atoms with Crippen molar-refractivity contribution in [2.24, 2.45) is 0 Å². The van der Waals surface area contributed by atoms with Crippen LogP contribution in [0.25, 0.3) is 6.08 Å². The van der Waals surface area contributed by atoms with Crippen molar-refractivity contribution in [3.8, 4) is 6.07 Å². The van der Waals surface area contributed by atoms with Crippen LogP contribution >= 0.6 is 23.5 Å². The van der Waals surface area contributed by atoms with Crippen LogP contribution in [-0.4, -0.2) is 13.2 Å². The molecular weight excluding hydrogens is 329 g/mol. The molecule has 102 valence electrons. The lowest BCUT2D eigenvalue weighted by Gasteiger charge is -2.15. The molecule has 0 saturated carbocycles. The van der Waals surface area contributed by atoms with Crippen LogP contribution in [-0.2, 0) is 13.6 Å². The molecule has 0 aromatic heterocycles. The van der Waals surface area contributed by atoms with Gasteiger partial charge in [-0.1, -0.05) is 28.1 Å². The Morgan fingerprint density at radius 3 is 2.53 bits per heavy atom. The van der Waals surface area contributed by atoms with Gasteiger partial charge in [0.25, 0.3) is 0 Å². The Balaban J connectivity index is 3.18. The second-order valence-electron chi connectivity index (χ2n) is 3.53. The van der Waals surface area contributed by atoms with Gasteiger partial charge in [0.15, 0.2) is 0 Å². The Morgan fingerprint density at radius 1 is 1.42 bits per heavy atom. The van der Waals surface area contributed by atoms with E-state index in [1.54, 1.807) is 13.8 Å². The molecule has 19 heavy (non-hydrogen) atoms. The van der Waals surface area contributed by atoms with Crippen LogP contribution in [0.4, 0.5) is 0 Å². The molecule has 4 nitrogen and oxygen atoms in total. The van der Waals surface area contributed by atoms with Gasteiger partial charge in [-0.25, -0.2) is 0 Å². The summed E-state index contributed by atoms with van der Waals surface area (Å²) in [4.78, 5) is 0. The first-order valence-electron chi connectivity index (χ1n) is 5.82. The Morgan fingerprint density at radius 2 is 2.05 bits per heavy atom.